The van der Waals surface area contributed by atoms with E-state index in [0.29, 0.717) is 18.8 Å². The lowest BCUT2D eigenvalue weighted by Crippen LogP contribution is -2.32. The van der Waals surface area contributed by atoms with Gasteiger partial charge in [-0.1, -0.05) is 0 Å². The fourth-order valence-electron chi connectivity index (χ4n) is 3.54. The summed E-state index contributed by atoms with van der Waals surface area (Å²) in [5.41, 5.74) is 4.61. The molecule has 1 aliphatic carbocycles. The summed E-state index contributed by atoms with van der Waals surface area (Å²) in [6, 6.07) is 8.10. The van der Waals surface area contributed by atoms with E-state index in [1.54, 1.807) is 17.4 Å². The highest BCUT2D eigenvalue weighted by atomic mass is 79.9. The van der Waals surface area contributed by atoms with Crippen molar-refractivity contribution in [1.82, 2.24) is 4.98 Å². The Balaban J connectivity index is 1.61. The molecule has 0 atom stereocenters. The molecule has 0 bridgehead atoms. The van der Waals surface area contributed by atoms with E-state index in [-0.39, 0.29) is 5.91 Å². The number of fused-ring (bicyclic) bond motifs is 2. The number of carbonyl (C=O) groups excluding carboxylic acids is 1. The summed E-state index contributed by atoms with van der Waals surface area (Å²) in [4.78, 5) is 18.9. The first-order valence-corrected chi connectivity index (χ1v) is 9.39. The van der Waals surface area contributed by atoms with Crippen LogP contribution in [0.4, 0.5) is 5.82 Å². The maximum atomic E-state index is 12.8. The molecule has 128 valence electrons. The zero-order chi connectivity index (χ0) is 17.4. The quantitative estimate of drug-likeness (QED) is 0.640. The normalized spacial score (nSPS) is 13.2. The van der Waals surface area contributed by atoms with E-state index >= 15 is 0 Å². The van der Waals surface area contributed by atoms with Gasteiger partial charge in [-0.3, -0.25) is 9.69 Å². The Morgan fingerprint density at radius 1 is 1.28 bits per heavy atom. The van der Waals surface area contributed by atoms with Gasteiger partial charge in [0.25, 0.3) is 0 Å². The largest absolute Gasteiger partial charge is 0.464 e. The molecule has 0 radical (unpaired) electrons. The Kier molecular flexibility index (Phi) is 4.34. The molecule has 0 fully saturated rings. The molecule has 0 unspecified atom stereocenters. The van der Waals surface area contributed by atoms with E-state index in [1.165, 1.54) is 17.5 Å². The molecule has 4 rings (SSSR count). The van der Waals surface area contributed by atoms with Crippen LogP contribution in [0.1, 0.15) is 30.0 Å². The van der Waals surface area contributed by atoms with Gasteiger partial charge >= 0.3 is 0 Å². The molecule has 0 saturated carbocycles. The Hall–Kier alpha value is -2.14. The first-order chi connectivity index (χ1) is 12.2. The summed E-state index contributed by atoms with van der Waals surface area (Å²) >= 11 is 3.38. The molecule has 0 saturated heterocycles. The van der Waals surface area contributed by atoms with Crippen LogP contribution in [0.2, 0.25) is 0 Å². The van der Waals surface area contributed by atoms with Crippen LogP contribution >= 0.6 is 15.9 Å². The number of hydrogen-bond donors (Lipinski definition) is 0. The van der Waals surface area contributed by atoms with Crippen molar-refractivity contribution >= 4 is 38.6 Å². The summed E-state index contributed by atoms with van der Waals surface area (Å²) in [6.45, 7) is 2.54. The van der Waals surface area contributed by atoms with Crippen molar-refractivity contribution in [2.75, 3.05) is 11.4 Å². The maximum Gasteiger partial charge on any atom is 0.232 e. The summed E-state index contributed by atoms with van der Waals surface area (Å²) in [5.74, 6) is 0.699. The molecule has 0 N–H and O–H groups in total. The van der Waals surface area contributed by atoms with Crippen molar-refractivity contribution in [1.29, 1.82) is 0 Å². The molecular weight excluding hydrogens is 380 g/mol. The predicted molar refractivity (Wildman–Crippen MR) is 102 cm³/mol. The molecule has 2 heterocycles. The Labute approximate surface area is 155 Å². The van der Waals surface area contributed by atoms with Gasteiger partial charge in [0.2, 0.25) is 5.91 Å². The summed E-state index contributed by atoms with van der Waals surface area (Å²) in [5, 5.41) is 1.06. The minimum atomic E-state index is 0.0283. The molecule has 0 spiro atoms. The van der Waals surface area contributed by atoms with Crippen molar-refractivity contribution in [2.24, 2.45) is 0 Å². The molecule has 0 aliphatic heterocycles. The van der Waals surface area contributed by atoms with Crippen molar-refractivity contribution in [2.45, 2.75) is 32.6 Å². The third kappa shape index (κ3) is 3.09. The number of amides is 1. The number of pyridine rings is 1. The number of hydrogen-bond acceptors (Lipinski definition) is 3. The van der Waals surface area contributed by atoms with Crippen LogP contribution in [-0.2, 0) is 24.1 Å². The number of aromatic nitrogens is 1. The first kappa shape index (κ1) is 16.3. The van der Waals surface area contributed by atoms with E-state index < -0.39 is 0 Å². The van der Waals surface area contributed by atoms with Crippen LogP contribution < -0.4 is 4.90 Å². The fraction of sp³-hybridized carbons (Fsp3) is 0.300. The Morgan fingerprint density at radius 3 is 2.80 bits per heavy atom. The van der Waals surface area contributed by atoms with Crippen LogP contribution in [0.25, 0.3) is 11.0 Å². The lowest BCUT2D eigenvalue weighted by atomic mass is 10.0. The average molecular weight is 399 g/mol. The minimum Gasteiger partial charge on any atom is -0.464 e. The van der Waals surface area contributed by atoms with E-state index in [9.17, 15) is 4.79 Å². The van der Waals surface area contributed by atoms with E-state index in [4.69, 9.17) is 4.42 Å². The molecular formula is C20H19BrN2O2. The van der Waals surface area contributed by atoms with Crippen molar-refractivity contribution in [3.8, 4) is 0 Å². The van der Waals surface area contributed by atoms with Crippen LogP contribution in [0.3, 0.4) is 0 Å². The van der Waals surface area contributed by atoms with Gasteiger partial charge in [0.1, 0.15) is 11.4 Å². The molecule has 1 aliphatic rings. The van der Waals surface area contributed by atoms with Gasteiger partial charge in [0.15, 0.2) is 0 Å². The summed E-state index contributed by atoms with van der Waals surface area (Å²) < 4.78 is 6.62. The van der Waals surface area contributed by atoms with E-state index in [2.05, 4.69) is 33.0 Å². The first-order valence-electron chi connectivity index (χ1n) is 8.59. The second-order valence-electron chi connectivity index (χ2n) is 6.38. The van der Waals surface area contributed by atoms with Crippen LogP contribution in [0.5, 0.6) is 0 Å². The van der Waals surface area contributed by atoms with Gasteiger partial charge in [-0.25, -0.2) is 4.98 Å². The van der Waals surface area contributed by atoms with Crippen molar-refractivity contribution < 1.29 is 9.21 Å². The molecule has 25 heavy (non-hydrogen) atoms. The number of nitrogens with zero attached hydrogens (tertiary/aromatic N) is 2. The highest BCUT2D eigenvalue weighted by molar-refractivity contribution is 9.10. The number of halogens is 1. The van der Waals surface area contributed by atoms with Crippen LogP contribution in [-0.4, -0.2) is 17.4 Å². The minimum absolute atomic E-state index is 0.0283. The predicted octanol–water partition coefficient (Wildman–Crippen LogP) is 4.67. The lowest BCUT2D eigenvalue weighted by molar-refractivity contribution is -0.118. The van der Waals surface area contributed by atoms with Gasteiger partial charge in [-0.05, 0) is 77.5 Å². The second-order valence-corrected chi connectivity index (χ2v) is 7.30. The van der Waals surface area contributed by atoms with Crippen molar-refractivity contribution in [3.63, 3.8) is 0 Å². The van der Waals surface area contributed by atoms with Gasteiger partial charge in [-0.15, -0.1) is 0 Å². The average Bonchev–Trinajstić information content (AvgIpc) is 3.22. The summed E-state index contributed by atoms with van der Waals surface area (Å²) in [6.07, 6.45) is 7.20. The van der Waals surface area contributed by atoms with E-state index in [1.807, 2.05) is 19.1 Å². The van der Waals surface area contributed by atoms with Gasteiger partial charge in [-0.2, -0.15) is 0 Å². The zero-order valence-corrected chi connectivity index (χ0v) is 15.7. The number of rotatable bonds is 4. The second kappa shape index (κ2) is 6.64. The van der Waals surface area contributed by atoms with Crippen LogP contribution in [0, 0.1) is 0 Å². The molecule has 2 aromatic heterocycles. The van der Waals surface area contributed by atoms with Crippen molar-refractivity contribution in [3.05, 3.63) is 57.9 Å². The smallest absolute Gasteiger partial charge is 0.232 e. The standard InChI is InChI=1S/C20H19BrN2O2/c1-2-23(19-7-6-16(21)11-22-19)20(24)10-15-12-25-18-9-14-5-3-4-13(14)8-17(15)18/h6-9,11-12H,2-5,10H2,1H3. The number of furan rings is 1. The van der Waals surface area contributed by atoms with Gasteiger partial charge < -0.3 is 4.42 Å². The summed E-state index contributed by atoms with van der Waals surface area (Å²) in [7, 11) is 0. The molecule has 4 nitrogen and oxygen atoms in total. The molecule has 5 heteroatoms. The topological polar surface area (TPSA) is 46.3 Å². The Bertz CT molecular complexity index is 931. The SMILES string of the molecule is CCN(C(=O)Cc1coc2cc3c(cc12)CCC3)c1ccc(Br)cn1. The number of carbonyl (C=O) groups is 1. The van der Waals surface area contributed by atoms with Gasteiger partial charge in [0, 0.05) is 28.2 Å². The van der Waals surface area contributed by atoms with E-state index in [0.717, 1.165) is 33.8 Å². The molecule has 1 aromatic carbocycles. The number of anilines is 1. The number of aryl methyl sites for hydroxylation is 2. The number of benzene rings is 1. The third-order valence-electron chi connectivity index (χ3n) is 4.82. The lowest BCUT2D eigenvalue weighted by Gasteiger charge is -2.19. The number of likely N-dealkylation sites (N-methyl/N-ethyl adjacent to an activating group) is 1. The van der Waals surface area contributed by atoms with Crippen LogP contribution in [0.15, 0.2) is 45.6 Å². The van der Waals surface area contributed by atoms with Gasteiger partial charge in [0.05, 0.1) is 12.7 Å². The monoisotopic (exact) mass is 398 g/mol. The highest BCUT2D eigenvalue weighted by Crippen LogP contribution is 2.31. The molecule has 1 amide bonds. The molecule has 3 aromatic rings. The fourth-order valence-corrected chi connectivity index (χ4v) is 3.77. The highest BCUT2D eigenvalue weighted by Gasteiger charge is 2.20. The Morgan fingerprint density at radius 2 is 2.08 bits per heavy atom. The third-order valence-corrected chi connectivity index (χ3v) is 5.28. The zero-order valence-electron chi connectivity index (χ0n) is 14.1. The maximum absolute atomic E-state index is 12.8.